The van der Waals surface area contributed by atoms with Gasteiger partial charge in [0.1, 0.15) is 5.58 Å². The highest BCUT2D eigenvalue weighted by molar-refractivity contribution is 7.89. The molecule has 1 aliphatic heterocycles. The van der Waals surface area contributed by atoms with Crippen LogP contribution in [0.15, 0.2) is 56.6 Å². The van der Waals surface area contributed by atoms with Gasteiger partial charge < -0.3 is 14.5 Å². The van der Waals surface area contributed by atoms with Crippen LogP contribution < -0.4 is 10.7 Å². The molecule has 162 valence electrons. The molecule has 8 nitrogen and oxygen atoms in total. The van der Waals surface area contributed by atoms with Gasteiger partial charge in [0.15, 0.2) is 11.2 Å². The van der Waals surface area contributed by atoms with Crippen LogP contribution in [0.25, 0.3) is 11.0 Å². The van der Waals surface area contributed by atoms with Gasteiger partial charge in [0.05, 0.1) is 23.5 Å². The SMILES string of the molecule is Cc1cc2oc(C(=O)Nc3ccc(S(=O)(=O)N4CCOCC4)cc3)cc(=O)c2cc1Cl. The lowest BCUT2D eigenvalue weighted by atomic mass is 10.1. The summed E-state index contributed by atoms with van der Waals surface area (Å²) < 4.78 is 37.5. The first-order chi connectivity index (χ1) is 14.8. The number of hydrogen-bond donors (Lipinski definition) is 1. The fourth-order valence-corrected chi connectivity index (χ4v) is 4.80. The minimum Gasteiger partial charge on any atom is -0.451 e. The number of halogens is 1. The lowest BCUT2D eigenvalue weighted by Gasteiger charge is -2.26. The highest BCUT2D eigenvalue weighted by atomic mass is 35.5. The topological polar surface area (TPSA) is 106 Å². The number of carbonyl (C=O) groups is 1. The number of nitrogens with zero attached hydrogens (tertiary/aromatic N) is 1. The Morgan fingerprint density at radius 2 is 1.77 bits per heavy atom. The first kappa shape index (κ1) is 21.5. The monoisotopic (exact) mass is 462 g/mol. The average molecular weight is 463 g/mol. The summed E-state index contributed by atoms with van der Waals surface area (Å²) in [6.07, 6.45) is 0. The standard InChI is InChI=1S/C21H19ClN2O6S/c1-13-10-19-16(11-17(13)22)18(25)12-20(30-19)21(26)23-14-2-4-15(5-3-14)31(27,28)24-6-8-29-9-7-24/h2-5,10-12H,6-9H2,1H3,(H,23,26). The number of carbonyl (C=O) groups excluding carboxylic acids is 1. The predicted octanol–water partition coefficient (Wildman–Crippen LogP) is 3.03. The van der Waals surface area contributed by atoms with Crippen molar-refractivity contribution in [1.29, 1.82) is 0 Å². The molecule has 10 heteroatoms. The number of amides is 1. The molecule has 1 aliphatic rings. The Hall–Kier alpha value is -2.72. The van der Waals surface area contributed by atoms with Crippen molar-refractivity contribution >= 4 is 44.2 Å². The van der Waals surface area contributed by atoms with E-state index in [1.165, 1.54) is 34.6 Å². The number of aryl methyl sites for hydroxylation is 1. The number of ether oxygens (including phenoxy) is 1. The lowest BCUT2D eigenvalue weighted by molar-refractivity contribution is 0.0730. The first-order valence-corrected chi connectivity index (χ1v) is 11.3. The Kier molecular flexibility index (Phi) is 5.85. The van der Waals surface area contributed by atoms with E-state index in [-0.39, 0.29) is 27.1 Å². The van der Waals surface area contributed by atoms with Crippen molar-refractivity contribution in [2.75, 3.05) is 31.6 Å². The quantitative estimate of drug-likeness (QED) is 0.638. The molecule has 1 fully saturated rings. The lowest BCUT2D eigenvalue weighted by Crippen LogP contribution is -2.40. The summed E-state index contributed by atoms with van der Waals surface area (Å²) in [6, 6.07) is 10.0. The third-order valence-corrected chi connectivity index (χ3v) is 7.27. The van der Waals surface area contributed by atoms with Gasteiger partial charge in [0.25, 0.3) is 5.91 Å². The largest absolute Gasteiger partial charge is 0.451 e. The van der Waals surface area contributed by atoms with Crippen molar-refractivity contribution in [3.8, 4) is 0 Å². The first-order valence-electron chi connectivity index (χ1n) is 9.49. The van der Waals surface area contributed by atoms with E-state index in [9.17, 15) is 18.0 Å². The molecule has 0 aliphatic carbocycles. The molecule has 0 bridgehead atoms. The molecule has 1 amide bonds. The maximum absolute atomic E-state index is 12.7. The highest BCUT2D eigenvalue weighted by Crippen LogP contribution is 2.23. The molecule has 0 saturated carbocycles. The molecule has 4 rings (SSSR count). The maximum Gasteiger partial charge on any atom is 0.291 e. The van der Waals surface area contributed by atoms with Crippen LogP contribution in [0.1, 0.15) is 16.1 Å². The van der Waals surface area contributed by atoms with Crippen molar-refractivity contribution in [3.63, 3.8) is 0 Å². The third kappa shape index (κ3) is 4.35. The molecule has 31 heavy (non-hydrogen) atoms. The van der Waals surface area contributed by atoms with E-state index in [4.69, 9.17) is 20.8 Å². The second-order valence-electron chi connectivity index (χ2n) is 7.07. The van der Waals surface area contributed by atoms with Crippen LogP contribution in [0.2, 0.25) is 5.02 Å². The molecule has 1 N–H and O–H groups in total. The van der Waals surface area contributed by atoms with Crippen LogP contribution >= 0.6 is 11.6 Å². The molecule has 0 spiro atoms. The van der Waals surface area contributed by atoms with Gasteiger partial charge in [-0.1, -0.05) is 11.6 Å². The third-order valence-electron chi connectivity index (χ3n) is 4.95. The van der Waals surface area contributed by atoms with Gasteiger partial charge in [0, 0.05) is 29.9 Å². The van der Waals surface area contributed by atoms with Crippen LogP contribution in [0.5, 0.6) is 0 Å². The Labute approximate surface area is 183 Å². The molecule has 1 aromatic heterocycles. The van der Waals surface area contributed by atoms with E-state index in [0.717, 1.165) is 6.07 Å². The molecular weight excluding hydrogens is 444 g/mol. The summed E-state index contributed by atoms with van der Waals surface area (Å²) in [5.41, 5.74) is 0.944. The second kappa shape index (κ2) is 8.43. The molecular formula is C21H19ClN2O6S. The van der Waals surface area contributed by atoms with E-state index in [0.29, 0.717) is 42.6 Å². The fourth-order valence-electron chi connectivity index (χ4n) is 3.23. The molecule has 0 unspecified atom stereocenters. The van der Waals surface area contributed by atoms with E-state index in [1.807, 2.05) is 0 Å². The van der Waals surface area contributed by atoms with Crippen molar-refractivity contribution < 1.29 is 22.4 Å². The van der Waals surface area contributed by atoms with Crippen molar-refractivity contribution in [1.82, 2.24) is 4.31 Å². The molecule has 2 aromatic carbocycles. The minimum atomic E-state index is -3.63. The molecule has 2 heterocycles. The molecule has 1 saturated heterocycles. The summed E-state index contributed by atoms with van der Waals surface area (Å²) in [7, 11) is -3.63. The number of nitrogens with one attached hydrogen (secondary N) is 1. The highest BCUT2D eigenvalue weighted by Gasteiger charge is 2.26. The smallest absolute Gasteiger partial charge is 0.291 e. The van der Waals surface area contributed by atoms with Crippen LogP contribution in [0.3, 0.4) is 0 Å². The number of morpholine rings is 1. The predicted molar refractivity (Wildman–Crippen MR) is 116 cm³/mol. The summed E-state index contributed by atoms with van der Waals surface area (Å²) in [4.78, 5) is 25.0. The van der Waals surface area contributed by atoms with Crippen LogP contribution in [0.4, 0.5) is 5.69 Å². The molecule has 0 atom stereocenters. The summed E-state index contributed by atoms with van der Waals surface area (Å²) in [5.74, 6) is -0.792. The number of rotatable bonds is 4. The Morgan fingerprint density at radius 3 is 2.45 bits per heavy atom. The maximum atomic E-state index is 12.7. The normalized spacial score (nSPS) is 15.2. The van der Waals surface area contributed by atoms with Crippen LogP contribution in [-0.4, -0.2) is 44.9 Å². The van der Waals surface area contributed by atoms with Crippen molar-refractivity contribution in [2.24, 2.45) is 0 Å². The van der Waals surface area contributed by atoms with Crippen LogP contribution in [0, 0.1) is 6.92 Å². The Balaban J connectivity index is 1.55. The zero-order valence-corrected chi connectivity index (χ0v) is 18.1. The number of anilines is 1. The Morgan fingerprint density at radius 1 is 1.10 bits per heavy atom. The minimum absolute atomic E-state index is 0.122. The van der Waals surface area contributed by atoms with Crippen molar-refractivity contribution in [2.45, 2.75) is 11.8 Å². The Bertz CT molecular complexity index is 1310. The fraction of sp³-hybridized carbons (Fsp3) is 0.238. The summed E-state index contributed by atoms with van der Waals surface area (Å²) >= 11 is 6.05. The van der Waals surface area contributed by atoms with Gasteiger partial charge in [-0.3, -0.25) is 9.59 Å². The second-order valence-corrected chi connectivity index (χ2v) is 9.41. The van der Waals surface area contributed by atoms with E-state index in [2.05, 4.69) is 5.32 Å². The van der Waals surface area contributed by atoms with Gasteiger partial charge >= 0.3 is 0 Å². The molecule has 3 aromatic rings. The van der Waals surface area contributed by atoms with E-state index >= 15 is 0 Å². The van der Waals surface area contributed by atoms with Gasteiger partial charge in [-0.05, 0) is 48.9 Å². The zero-order chi connectivity index (χ0) is 22.2. The van der Waals surface area contributed by atoms with E-state index < -0.39 is 15.9 Å². The zero-order valence-electron chi connectivity index (χ0n) is 16.6. The molecule has 0 radical (unpaired) electrons. The number of sulfonamides is 1. The van der Waals surface area contributed by atoms with Crippen LogP contribution in [-0.2, 0) is 14.8 Å². The van der Waals surface area contributed by atoms with Crippen molar-refractivity contribution in [3.05, 3.63) is 69.0 Å². The van der Waals surface area contributed by atoms with Gasteiger partial charge in [-0.2, -0.15) is 4.31 Å². The number of fused-ring (bicyclic) bond motifs is 1. The number of benzene rings is 2. The summed E-state index contributed by atoms with van der Waals surface area (Å²) in [5, 5.41) is 3.32. The number of hydrogen-bond acceptors (Lipinski definition) is 6. The van der Waals surface area contributed by atoms with Gasteiger partial charge in [-0.25, -0.2) is 8.42 Å². The summed E-state index contributed by atoms with van der Waals surface area (Å²) in [6.45, 7) is 3.08. The average Bonchev–Trinajstić information content (AvgIpc) is 2.76. The van der Waals surface area contributed by atoms with Gasteiger partial charge in [0.2, 0.25) is 10.0 Å². The van der Waals surface area contributed by atoms with E-state index in [1.54, 1.807) is 13.0 Å². The van der Waals surface area contributed by atoms with Gasteiger partial charge in [-0.15, -0.1) is 0 Å².